The highest BCUT2D eigenvalue weighted by atomic mass is 16.7. The van der Waals surface area contributed by atoms with Gasteiger partial charge >= 0.3 is 0 Å². The van der Waals surface area contributed by atoms with Gasteiger partial charge < -0.3 is 9.47 Å². The zero-order chi connectivity index (χ0) is 9.52. The quantitative estimate of drug-likeness (QED) is 0.612. The second-order valence-electron chi connectivity index (χ2n) is 3.67. The van der Waals surface area contributed by atoms with E-state index in [9.17, 15) is 0 Å². The van der Waals surface area contributed by atoms with Gasteiger partial charge in [-0.25, -0.2) is 0 Å². The molecular weight excluding hydrogens is 164 g/mol. The average Bonchev–Trinajstić information content (AvgIpc) is 2.19. The van der Waals surface area contributed by atoms with E-state index in [1.54, 1.807) is 0 Å². The Hall–Kier alpha value is -0.340. The second-order valence-corrected chi connectivity index (χ2v) is 3.67. The van der Waals surface area contributed by atoms with E-state index in [4.69, 9.17) is 9.47 Å². The second kappa shape index (κ2) is 6.17. The molecule has 1 heterocycles. The maximum Gasteiger partial charge on any atom is 0.157 e. The largest absolute Gasteiger partial charge is 0.353 e. The Balaban J connectivity index is 2.01. The zero-order valence-corrected chi connectivity index (χ0v) is 8.50. The van der Waals surface area contributed by atoms with Gasteiger partial charge in [0.1, 0.15) is 0 Å². The van der Waals surface area contributed by atoms with Crippen LogP contribution in [0.1, 0.15) is 32.6 Å². The topological polar surface area (TPSA) is 18.5 Å². The Bertz CT molecular complexity index is 139. The first kappa shape index (κ1) is 10.7. The van der Waals surface area contributed by atoms with E-state index in [2.05, 4.69) is 13.5 Å². The molecule has 0 aromatic rings. The first-order valence-corrected chi connectivity index (χ1v) is 5.18. The van der Waals surface area contributed by atoms with E-state index in [1.165, 1.54) is 12.8 Å². The van der Waals surface area contributed by atoms with Crippen LogP contribution in [0, 0.1) is 5.92 Å². The van der Waals surface area contributed by atoms with Crippen LogP contribution in [-0.4, -0.2) is 19.5 Å². The molecule has 1 aliphatic heterocycles. The molecule has 2 nitrogen and oxygen atoms in total. The van der Waals surface area contributed by atoms with Crippen LogP contribution in [-0.2, 0) is 9.47 Å². The van der Waals surface area contributed by atoms with Gasteiger partial charge in [0.2, 0.25) is 0 Å². The van der Waals surface area contributed by atoms with Crippen molar-refractivity contribution in [3.05, 3.63) is 12.7 Å². The van der Waals surface area contributed by atoms with E-state index >= 15 is 0 Å². The lowest BCUT2D eigenvalue weighted by Gasteiger charge is -2.23. The van der Waals surface area contributed by atoms with E-state index in [1.807, 2.05) is 6.08 Å². The first-order valence-electron chi connectivity index (χ1n) is 5.18. The molecule has 1 aliphatic rings. The number of allylic oxidation sites excluding steroid dienone is 1. The van der Waals surface area contributed by atoms with Crippen molar-refractivity contribution in [2.24, 2.45) is 5.92 Å². The molecule has 0 amide bonds. The van der Waals surface area contributed by atoms with Crippen molar-refractivity contribution >= 4 is 0 Å². The summed E-state index contributed by atoms with van der Waals surface area (Å²) in [4.78, 5) is 0. The van der Waals surface area contributed by atoms with Crippen LogP contribution in [0.25, 0.3) is 0 Å². The minimum Gasteiger partial charge on any atom is -0.353 e. The van der Waals surface area contributed by atoms with Gasteiger partial charge in [-0.1, -0.05) is 13.0 Å². The molecule has 1 fully saturated rings. The normalized spacial score (nSPS) is 25.5. The van der Waals surface area contributed by atoms with Crippen LogP contribution in [0.5, 0.6) is 0 Å². The van der Waals surface area contributed by atoms with Crippen LogP contribution in [0.3, 0.4) is 0 Å². The van der Waals surface area contributed by atoms with Gasteiger partial charge in [0.25, 0.3) is 0 Å². The molecule has 76 valence electrons. The maximum atomic E-state index is 5.59. The van der Waals surface area contributed by atoms with Crippen LogP contribution in [0.4, 0.5) is 0 Å². The van der Waals surface area contributed by atoms with Gasteiger partial charge in [-0.2, -0.15) is 0 Å². The van der Waals surface area contributed by atoms with E-state index in [-0.39, 0.29) is 6.29 Å². The molecule has 0 aliphatic carbocycles. The Morgan fingerprint density at radius 3 is 3.08 bits per heavy atom. The third kappa shape index (κ3) is 4.44. The molecule has 1 saturated heterocycles. The molecule has 2 heteroatoms. The van der Waals surface area contributed by atoms with Crippen molar-refractivity contribution in [1.29, 1.82) is 0 Å². The minimum absolute atomic E-state index is 0.0609. The van der Waals surface area contributed by atoms with Crippen molar-refractivity contribution in [3.63, 3.8) is 0 Å². The molecule has 0 aromatic carbocycles. The lowest BCUT2D eigenvalue weighted by Crippen LogP contribution is -2.23. The molecule has 1 rings (SSSR count). The fraction of sp³-hybridized carbons (Fsp3) is 0.818. The highest BCUT2D eigenvalue weighted by Crippen LogP contribution is 2.14. The molecule has 2 unspecified atom stereocenters. The van der Waals surface area contributed by atoms with Gasteiger partial charge in [-0.3, -0.25) is 0 Å². The average molecular weight is 184 g/mol. The van der Waals surface area contributed by atoms with Crippen molar-refractivity contribution in [2.45, 2.75) is 38.9 Å². The standard InChI is InChI=1S/C11H20O2/c1-3-10(2)7-9-13-11-6-4-5-8-12-11/h3,10-11H,1,4-9H2,2H3. The summed E-state index contributed by atoms with van der Waals surface area (Å²) in [5, 5.41) is 0. The van der Waals surface area contributed by atoms with Crippen molar-refractivity contribution in [2.75, 3.05) is 13.2 Å². The summed E-state index contributed by atoms with van der Waals surface area (Å²) in [6.45, 7) is 7.54. The smallest absolute Gasteiger partial charge is 0.157 e. The number of ether oxygens (including phenoxy) is 2. The summed E-state index contributed by atoms with van der Waals surface area (Å²) in [5.74, 6) is 0.545. The molecule has 0 aromatic heterocycles. The molecule has 0 spiro atoms. The summed E-state index contributed by atoms with van der Waals surface area (Å²) in [6.07, 6.45) is 6.55. The van der Waals surface area contributed by atoms with Gasteiger partial charge in [-0.15, -0.1) is 6.58 Å². The molecule has 0 radical (unpaired) electrons. The summed E-state index contributed by atoms with van der Waals surface area (Å²) in [5.41, 5.74) is 0. The predicted octanol–water partition coefficient (Wildman–Crippen LogP) is 2.74. The highest BCUT2D eigenvalue weighted by Gasteiger charge is 2.13. The zero-order valence-electron chi connectivity index (χ0n) is 8.50. The Labute approximate surface area is 80.9 Å². The highest BCUT2D eigenvalue weighted by molar-refractivity contribution is 4.74. The van der Waals surface area contributed by atoms with Crippen molar-refractivity contribution in [3.8, 4) is 0 Å². The monoisotopic (exact) mass is 184 g/mol. The van der Waals surface area contributed by atoms with Crippen molar-refractivity contribution < 1.29 is 9.47 Å². The van der Waals surface area contributed by atoms with Crippen LogP contribution in [0.2, 0.25) is 0 Å². The van der Waals surface area contributed by atoms with E-state index < -0.39 is 0 Å². The van der Waals surface area contributed by atoms with Crippen molar-refractivity contribution in [1.82, 2.24) is 0 Å². The summed E-state index contributed by atoms with van der Waals surface area (Å²) >= 11 is 0. The Kier molecular flexibility index (Phi) is 5.09. The minimum atomic E-state index is 0.0609. The molecule has 0 N–H and O–H groups in total. The third-order valence-electron chi connectivity index (χ3n) is 2.42. The summed E-state index contributed by atoms with van der Waals surface area (Å²) < 4.78 is 11.0. The van der Waals surface area contributed by atoms with E-state index in [0.29, 0.717) is 5.92 Å². The maximum absolute atomic E-state index is 5.59. The van der Waals surface area contributed by atoms with Crippen LogP contribution < -0.4 is 0 Å². The Morgan fingerprint density at radius 1 is 1.62 bits per heavy atom. The third-order valence-corrected chi connectivity index (χ3v) is 2.42. The molecule has 0 saturated carbocycles. The van der Waals surface area contributed by atoms with Gasteiger partial charge in [0, 0.05) is 6.61 Å². The lowest BCUT2D eigenvalue weighted by atomic mass is 10.1. The number of hydrogen-bond acceptors (Lipinski definition) is 2. The molecule has 13 heavy (non-hydrogen) atoms. The summed E-state index contributed by atoms with van der Waals surface area (Å²) in [7, 11) is 0. The molecular formula is C11H20O2. The van der Waals surface area contributed by atoms with Crippen LogP contribution in [0.15, 0.2) is 12.7 Å². The fourth-order valence-electron chi connectivity index (χ4n) is 1.35. The number of hydrogen-bond donors (Lipinski definition) is 0. The Morgan fingerprint density at radius 2 is 2.46 bits per heavy atom. The lowest BCUT2D eigenvalue weighted by molar-refractivity contribution is -0.163. The van der Waals surface area contributed by atoms with Gasteiger partial charge in [0.05, 0.1) is 6.61 Å². The predicted molar refractivity (Wildman–Crippen MR) is 53.5 cm³/mol. The van der Waals surface area contributed by atoms with Gasteiger partial charge in [-0.05, 0) is 31.6 Å². The molecule has 2 atom stereocenters. The fourth-order valence-corrected chi connectivity index (χ4v) is 1.35. The van der Waals surface area contributed by atoms with E-state index in [0.717, 1.165) is 26.1 Å². The molecule has 0 bridgehead atoms. The first-order chi connectivity index (χ1) is 6.33. The van der Waals surface area contributed by atoms with Gasteiger partial charge in [0.15, 0.2) is 6.29 Å². The van der Waals surface area contributed by atoms with Crippen LogP contribution >= 0.6 is 0 Å². The number of rotatable bonds is 5. The summed E-state index contributed by atoms with van der Waals surface area (Å²) in [6, 6.07) is 0. The SMILES string of the molecule is C=CC(C)CCOC1CCCCO1.